The molecule has 0 aromatic rings. The van der Waals surface area contributed by atoms with E-state index in [4.69, 9.17) is 0 Å². The van der Waals surface area contributed by atoms with Gasteiger partial charge in [-0.15, -0.1) is 0 Å². The summed E-state index contributed by atoms with van der Waals surface area (Å²) in [4.78, 5) is 0. The van der Waals surface area contributed by atoms with Crippen molar-refractivity contribution in [2.75, 3.05) is 19.9 Å². The SMILES string of the molecule is CNC1CCC(C#CCOS(C)(=O)=O)CC1. The molecule has 1 N–H and O–H groups in total. The molecule has 0 bridgehead atoms. The average Bonchev–Trinajstić information content (AvgIpc) is 2.24. The number of nitrogens with one attached hydrogen (secondary N) is 1. The second-order valence-corrected chi connectivity index (χ2v) is 5.77. The van der Waals surface area contributed by atoms with Gasteiger partial charge in [0.25, 0.3) is 10.1 Å². The summed E-state index contributed by atoms with van der Waals surface area (Å²) >= 11 is 0. The highest BCUT2D eigenvalue weighted by atomic mass is 32.2. The largest absolute Gasteiger partial charge is 0.317 e. The lowest BCUT2D eigenvalue weighted by molar-refractivity contribution is 0.346. The van der Waals surface area contributed by atoms with Crippen LogP contribution < -0.4 is 5.32 Å². The Bertz CT molecular complexity index is 358. The Morgan fingerprint density at radius 3 is 2.44 bits per heavy atom. The van der Waals surface area contributed by atoms with E-state index in [-0.39, 0.29) is 6.61 Å². The van der Waals surface area contributed by atoms with Gasteiger partial charge in [-0.2, -0.15) is 8.42 Å². The summed E-state index contributed by atoms with van der Waals surface area (Å²) in [6, 6.07) is 0.616. The molecule has 5 heteroatoms. The van der Waals surface area contributed by atoms with Crippen LogP contribution >= 0.6 is 0 Å². The van der Waals surface area contributed by atoms with Crippen LogP contribution in [0.15, 0.2) is 0 Å². The zero-order valence-corrected chi connectivity index (χ0v) is 10.6. The van der Waals surface area contributed by atoms with Crippen LogP contribution in [0.5, 0.6) is 0 Å². The van der Waals surface area contributed by atoms with Crippen LogP contribution in [0.4, 0.5) is 0 Å². The highest BCUT2D eigenvalue weighted by Crippen LogP contribution is 2.23. The monoisotopic (exact) mass is 245 g/mol. The summed E-state index contributed by atoms with van der Waals surface area (Å²) in [5.74, 6) is 6.24. The lowest BCUT2D eigenvalue weighted by Crippen LogP contribution is -2.29. The Morgan fingerprint density at radius 2 is 1.94 bits per heavy atom. The minimum atomic E-state index is -3.35. The molecular weight excluding hydrogens is 226 g/mol. The quantitative estimate of drug-likeness (QED) is 0.589. The van der Waals surface area contributed by atoms with Gasteiger partial charge in [-0.3, -0.25) is 4.18 Å². The molecule has 1 fully saturated rings. The lowest BCUT2D eigenvalue weighted by atomic mass is 9.86. The standard InChI is InChI=1S/C11H19NO3S/c1-12-11-7-5-10(6-8-11)4-3-9-15-16(2,13)14/h10-12H,5-9H2,1-2H3. The summed E-state index contributed by atoms with van der Waals surface area (Å²) in [6.45, 7) is -0.0230. The van der Waals surface area contributed by atoms with Gasteiger partial charge in [0.15, 0.2) is 0 Å². The fourth-order valence-corrected chi connectivity index (χ4v) is 2.12. The third kappa shape index (κ3) is 5.50. The van der Waals surface area contributed by atoms with Gasteiger partial charge in [0.2, 0.25) is 0 Å². The van der Waals surface area contributed by atoms with Crippen molar-refractivity contribution in [3.63, 3.8) is 0 Å². The van der Waals surface area contributed by atoms with E-state index in [1.807, 2.05) is 7.05 Å². The first-order valence-electron chi connectivity index (χ1n) is 5.51. The topological polar surface area (TPSA) is 55.4 Å². The fourth-order valence-electron chi connectivity index (χ4n) is 1.85. The fraction of sp³-hybridized carbons (Fsp3) is 0.818. The first-order chi connectivity index (χ1) is 7.51. The summed E-state index contributed by atoms with van der Waals surface area (Å²) in [6.07, 6.45) is 5.48. The van der Waals surface area contributed by atoms with Crippen molar-refractivity contribution in [1.29, 1.82) is 0 Å². The summed E-state index contributed by atoms with van der Waals surface area (Å²) in [7, 11) is -1.37. The van der Waals surface area contributed by atoms with Crippen LogP contribution in [0.2, 0.25) is 0 Å². The molecule has 92 valence electrons. The smallest absolute Gasteiger partial charge is 0.265 e. The Kier molecular flexibility index (Phi) is 5.26. The van der Waals surface area contributed by atoms with Crippen molar-refractivity contribution >= 4 is 10.1 Å². The first kappa shape index (κ1) is 13.5. The highest BCUT2D eigenvalue weighted by Gasteiger charge is 2.17. The van der Waals surface area contributed by atoms with Crippen LogP contribution in [0.3, 0.4) is 0 Å². The molecule has 0 radical (unpaired) electrons. The molecule has 0 heterocycles. The Hall–Kier alpha value is -0.570. The van der Waals surface area contributed by atoms with E-state index in [1.54, 1.807) is 0 Å². The van der Waals surface area contributed by atoms with Gasteiger partial charge in [-0.25, -0.2) is 0 Å². The van der Waals surface area contributed by atoms with Crippen LogP contribution in [0, 0.1) is 17.8 Å². The molecule has 0 aromatic heterocycles. The maximum Gasteiger partial charge on any atom is 0.265 e. The van der Waals surface area contributed by atoms with E-state index < -0.39 is 10.1 Å². The van der Waals surface area contributed by atoms with Crippen LogP contribution in [-0.2, 0) is 14.3 Å². The lowest BCUT2D eigenvalue weighted by Gasteiger charge is -2.24. The maximum atomic E-state index is 10.7. The Balaban J connectivity index is 2.26. The predicted molar refractivity (Wildman–Crippen MR) is 63.4 cm³/mol. The third-order valence-electron chi connectivity index (χ3n) is 2.79. The minimum absolute atomic E-state index is 0.0230. The normalized spacial score (nSPS) is 25.9. The van der Waals surface area contributed by atoms with Crippen molar-refractivity contribution in [2.45, 2.75) is 31.7 Å². The van der Waals surface area contributed by atoms with E-state index in [2.05, 4.69) is 21.3 Å². The summed E-state index contributed by atoms with van der Waals surface area (Å²) in [5.41, 5.74) is 0. The predicted octanol–water partition coefficient (Wildman–Crippen LogP) is 0.744. The molecule has 0 aliphatic heterocycles. The van der Waals surface area contributed by atoms with Crippen molar-refractivity contribution in [2.24, 2.45) is 5.92 Å². The molecule has 0 unspecified atom stereocenters. The second kappa shape index (κ2) is 6.24. The third-order valence-corrected chi connectivity index (χ3v) is 3.33. The van der Waals surface area contributed by atoms with E-state index in [9.17, 15) is 8.42 Å². The van der Waals surface area contributed by atoms with E-state index in [1.165, 1.54) is 0 Å². The molecule has 0 spiro atoms. The molecule has 1 rings (SSSR count). The molecule has 0 saturated heterocycles. The Labute approximate surface area is 97.9 Å². The molecule has 0 amide bonds. The molecule has 0 aromatic carbocycles. The van der Waals surface area contributed by atoms with Gasteiger partial charge in [0.1, 0.15) is 6.61 Å². The average molecular weight is 245 g/mol. The van der Waals surface area contributed by atoms with Crippen molar-refractivity contribution in [1.82, 2.24) is 5.32 Å². The highest BCUT2D eigenvalue weighted by molar-refractivity contribution is 7.85. The molecule has 1 aliphatic rings. The van der Waals surface area contributed by atoms with Crippen LogP contribution in [0.25, 0.3) is 0 Å². The van der Waals surface area contributed by atoms with Crippen molar-refractivity contribution in [3.8, 4) is 11.8 Å². The second-order valence-electron chi connectivity index (χ2n) is 4.12. The number of hydrogen-bond acceptors (Lipinski definition) is 4. The summed E-state index contributed by atoms with van der Waals surface area (Å²) < 4.78 is 25.9. The van der Waals surface area contributed by atoms with E-state index >= 15 is 0 Å². The first-order valence-corrected chi connectivity index (χ1v) is 7.33. The van der Waals surface area contributed by atoms with Gasteiger partial charge in [0.05, 0.1) is 6.26 Å². The molecule has 1 aliphatic carbocycles. The van der Waals surface area contributed by atoms with Gasteiger partial charge in [-0.1, -0.05) is 11.8 Å². The molecule has 0 atom stereocenters. The van der Waals surface area contributed by atoms with Gasteiger partial charge in [-0.05, 0) is 32.7 Å². The van der Waals surface area contributed by atoms with Gasteiger partial charge in [0, 0.05) is 12.0 Å². The van der Waals surface area contributed by atoms with Gasteiger partial charge < -0.3 is 5.32 Å². The van der Waals surface area contributed by atoms with E-state index in [0.29, 0.717) is 12.0 Å². The molecular formula is C11H19NO3S. The van der Waals surface area contributed by atoms with Gasteiger partial charge >= 0.3 is 0 Å². The molecule has 1 saturated carbocycles. The summed E-state index contributed by atoms with van der Waals surface area (Å²) in [5, 5.41) is 3.26. The Morgan fingerprint density at radius 1 is 1.31 bits per heavy atom. The zero-order chi connectivity index (χ0) is 12.0. The molecule has 4 nitrogen and oxygen atoms in total. The van der Waals surface area contributed by atoms with Crippen LogP contribution in [-0.4, -0.2) is 34.4 Å². The van der Waals surface area contributed by atoms with Crippen molar-refractivity contribution in [3.05, 3.63) is 0 Å². The minimum Gasteiger partial charge on any atom is -0.317 e. The molecule has 16 heavy (non-hydrogen) atoms. The number of rotatable bonds is 3. The van der Waals surface area contributed by atoms with E-state index in [0.717, 1.165) is 31.9 Å². The zero-order valence-electron chi connectivity index (χ0n) is 9.82. The van der Waals surface area contributed by atoms with Crippen molar-refractivity contribution < 1.29 is 12.6 Å². The number of hydrogen-bond donors (Lipinski definition) is 1. The maximum absolute atomic E-state index is 10.7. The van der Waals surface area contributed by atoms with Crippen LogP contribution in [0.1, 0.15) is 25.7 Å².